The van der Waals surface area contributed by atoms with Crippen molar-refractivity contribution in [1.82, 2.24) is 5.32 Å². The first kappa shape index (κ1) is 17.6. The molecule has 0 aliphatic carbocycles. The third kappa shape index (κ3) is 3.72. The molecule has 1 aliphatic rings. The molecule has 0 bridgehead atoms. The topological polar surface area (TPSA) is 78.8 Å². The van der Waals surface area contributed by atoms with E-state index in [-0.39, 0.29) is 0 Å². The molecule has 0 spiro atoms. The smallest absolute Gasteiger partial charge is 0.276 e. The van der Waals surface area contributed by atoms with Crippen molar-refractivity contribution in [3.63, 3.8) is 0 Å². The van der Waals surface area contributed by atoms with Gasteiger partial charge < -0.3 is 0 Å². The van der Waals surface area contributed by atoms with Gasteiger partial charge in [-0.2, -0.15) is 0 Å². The highest BCUT2D eigenvalue weighted by molar-refractivity contribution is 14.1. The molecule has 1 heterocycles. The number of carbonyl (C=O) groups is 3. The zero-order chi connectivity index (χ0) is 18.0. The number of hydrogen-bond donors (Lipinski definition) is 1. The van der Waals surface area contributed by atoms with Crippen LogP contribution in [0, 0.1) is 9.49 Å². The molecule has 1 aliphatic heterocycles. The van der Waals surface area contributed by atoms with Crippen LogP contribution < -0.4 is 10.2 Å². The van der Waals surface area contributed by atoms with Gasteiger partial charge in [0.05, 0.1) is 11.4 Å². The van der Waals surface area contributed by atoms with Crippen molar-refractivity contribution in [3.8, 4) is 0 Å². The Balaban J connectivity index is 1.90. The summed E-state index contributed by atoms with van der Waals surface area (Å²) in [5, 5.41) is 2.65. The maximum atomic E-state index is 12.7. The van der Waals surface area contributed by atoms with Crippen LogP contribution in [0.5, 0.6) is 0 Å². The van der Waals surface area contributed by atoms with Gasteiger partial charge >= 0.3 is 6.03 Å². The molecular weight excluding hydrogens is 457 g/mol. The number of imide groups is 2. The fraction of sp³-hybridized carbons (Fsp3) is 0.0588. The Kier molecular flexibility index (Phi) is 5.14. The van der Waals surface area contributed by atoms with Crippen LogP contribution in [0.4, 0.5) is 16.2 Å². The van der Waals surface area contributed by atoms with Crippen LogP contribution in [-0.4, -0.2) is 24.1 Å². The summed E-state index contributed by atoms with van der Waals surface area (Å²) in [4.78, 5) is 41.9. The largest absolute Gasteiger partial charge is 0.335 e. The molecule has 2 aromatic carbocycles. The van der Waals surface area contributed by atoms with Crippen molar-refractivity contribution in [2.75, 3.05) is 4.90 Å². The molecule has 25 heavy (non-hydrogen) atoms. The number of rotatable bonds is 3. The van der Waals surface area contributed by atoms with Crippen molar-refractivity contribution >= 4 is 69.6 Å². The second-order valence-corrected chi connectivity index (χ2v) is 6.75. The van der Waals surface area contributed by atoms with Crippen LogP contribution in [0.3, 0.4) is 0 Å². The van der Waals surface area contributed by atoms with Crippen LogP contribution in [0.2, 0.25) is 5.02 Å². The van der Waals surface area contributed by atoms with Crippen LogP contribution in [0.15, 0.2) is 53.5 Å². The minimum Gasteiger partial charge on any atom is -0.276 e. The number of halogens is 2. The highest BCUT2D eigenvalue weighted by atomic mass is 127. The van der Waals surface area contributed by atoms with Gasteiger partial charge in [0.25, 0.3) is 5.91 Å². The van der Waals surface area contributed by atoms with E-state index in [4.69, 9.17) is 11.6 Å². The summed E-state index contributed by atoms with van der Waals surface area (Å²) in [5.41, 5.74) is 0.964. The van der Waals surface area contributed by atoms with Gasteiger partial charge in [0.15, 0.2) is 5.92 Å². The Morgan fingerprint density at radius 1 is 1.08 bits per heavy atom. The van der Waals surface area contributed by atoms with Gasteiger partial charge in [0, 0.05) is 14.8 Å². The fourth-order valence-electron chi connectivity index (χ4n) is 2.27. The lowest BCUT2D eigenvalue weighted by atomic mass is 10.1. The second kappa shape index (κ2) is 7.32. The minimum absolute atomic E-state index is 0.326. The van der Waals surface area contributed by atoms with E-state index >= 15 is 0 Å². The van der Waals surface area contributed by atoms with Crippen LogP contribution >= 0.6 is 34.2 Å². The molecule has 126 valence electrons. The summed E-state index contributed by atoms with van der Waals surface area (Å²) in [6, 6.07) is 12.7. The molecule has 0 unspecified atom stereocenters. The Morgan fingerprint density at radius 3 is 2.44 bits per heavy atom. The molecule has 3 rings (SSSR count). The van der Waals surface area contributed by atoms with Gasteiger partial charge in [-0.25, -0.2) is 9.69 Å². The van der Waals surface area contributed by atoms with Crippen molar-refractivity contribution in [2.24, 2.45) is 10.9 Å². The molecule has 0 aromatic heterocycles. The van der Waals surface area contributed by atoms with E-state index < -0.39 is 23.8 Å². The van der Waals surface area contributed by atoms with Gasteiger partial charge in [-0.1, -0.05) is 23.7 Å². The van der Waals surface area contributed by atoms with Gasteiger partial charge in [0.1, 0.15) is 0 Å². The number of hydrogen-bond acceptors (Lipinski definition) is 4. The Bertz CT molecular complexity index is 883. The minimum atomic E-state index is -1.19. The number of amides is 4. The van der Waals surface area contributed by atoms with Gasteiger partial charge in [-0.15, -0.1) is 0 Å². The normalized spacial score (nSPS) is 17.9. The lowest BCUT2D eigenvalue weighted by molar-refractivity contribution is -0.131. The van der Waals surface area contributed by atoms with Crippen molar-refractivity contribution in [1.29, 1.82) is 0 Å². The predicted molar refractivity (Wildman–Crippen MR) is 103 cm³/mol. The quantitative estimate of drug-likeness (QED) is 0.426. The first-order valence-corrected chi connectivity index (χ1v) is 8.66. The Hall–Kier alpha value is -2.26. The van der Waals surface area contributed by atoms with E-state index in [2.05, 4.69) is 32.9 Å². The molecule has 1 saturated heterocycles. The number of urea groups is 1. The van der Waals surface area contributed by atoms with Crippen molar-refractivity contribution in [3.05, 3.63) is 57.1 Å². The maximum Gasteiger partial charge on any atom is 0.335 e. The fourth-order valence-corrected chi connectivity index (χ4v) is 2.92. The standard InChI is InChI=1S/C17H11ClIN3O3/c18-10-5-7-11(8-6-10)22-16(24)12(15(23)21-17(22)25)9-20-14-4-2-1-3-13(14)19/h1-9,12H,(H,21,23,25)/t12-/m0/s1. The molecule has 6 nitrogen and oxygen atoms in total. The zero-order valence-corrected chi connectivity index (χ0v) is 15.6. The molecule has 8 heteroatoms. The summed E-state index contributed by atoms with van der Waals surface area (Å²) in [5.74, 6) is -2.55. The highest BCUT2D eigenvalue weighted by Crippen LogP contribution is 2.24. The number of aliphatic imine (C=N–C) groups is 1. The second-order valence-electron chi connectivity index (χ2n) is 5.15. The third-order valence-corrected chi connectivity index (χ3v) is 4.67. The first-order chi connectivity index (χ1) is 12.0. The van der Waals surface area contributed by atoms with Crippen LogP contribution in [0.25, 0.3) is 0 Å². The maximum absolute atomic E-state index is 12.7. The van der Waals surface area contributed by atoms with E-state index in [0.717, 1.165) is 8.47 Å². The number of barbiturate groups is 1. The van der Waals surface area contributed by atoms with E-state index in [1.807, 2.05) is 12.1 Å². The SMILES string of the molecule is O=C1NC(=O)N(c2ccc(Cl)cc2)C(=O)[C@H]1C=Nc1ccccc1I. The summed E-state index contributed by atoms with van der Waals surface area (Å²) in [6.07, 6.45) is 1.25. The molecule has 0 radical (unpaired) electrons. The lowest BCUT2D eigenvalue weighted by Gasteiger charge is -2.28. The molecule has 1 N–H and O–H groups in total. The van der Waals surface area contributed by atoms with Crippen LogP contribution in [-0.2, 0) is 9.59 Å². The molecular formula is C17H11ClIN3O3. The summed E-state index contributed by atoms with van der Waals surface area (Å²) < 4.78 is 0.880. The number of carbonyl (C=O) groups excluding carboxylic acids is 3. The van der Waals surface area contributed by atoms with E-state index in [0.29, 0.717) is 16.4 Å². The average Bonchev–Trinajstić information content (AvgIpc) is 2.57. The summed E-state index contributed by atoms with van der Waals surface area (Å²) >= 11 is 7.94. The van der Waals surface area contributed by atoms with Gasteiger partial charge in [-0.05, 0) is 59.0 Å². The van der Waals surface area contributed by atoms with E-state index in [1.165, 1.54) is 18.3 Å². The highest BCUT2D eigenvalue weighted by Gasteiger charge is 2.40. The van der Waals surface area contributed by atoms with Gasteiger partial charge in [-0.3, -0.25) is 19.9 Å². The van der Waals surface area contributed by atoms with E-state index in [1.54, 1.807) is 24.3 Å². The molecule has 0 saturated carbocycles. The summed E-state index contributed by atoms with van der Waals surface area (Å²) in [7, 11) is 0. The van der Waals surface area contributed by atoms with Crippen molar-refractivity contribution in [2.45, 2.75) is 0 Å². The van der Waals surface area contributed by atoms with Crippen molar-refractivity contribution < 1.29 is 14.4 Å². The third-order valence-electron chi connectivity index (χ3n) is 3.50. The average molecular weight is 468 g/mol. The molecule has 1 atom stereocenters. The molecule has 1 fully saturated rings. The Morgan fingerprint density at radius 2 is 1.76 bits per heavy atom. The monoisotopic (exact) mass is 467 g/mol. The van der Waals surface area contributed by atoms with Crippen LogP contribution in [0.1, 0.15) is 0 Å². The van der Waals surface area contributed by atoms with E-state index in [9.17, 15) is 14.4 Å². The predicted octanol–water partition coefficient (Wildman–Crippen LogP) is 3.55. The zero-order valence-electron chi connectivity index (χ0n) is 12.6. The number of benzene rings is 2. The first-order valence-electron chi connectivity index (χ1n) is 7.20. The number of anilines is 1. The number of para-hydroxylation sites is 1. The van der Waals surface area contributed by atoms with Gasteiger partial charge in [0.2, 0.25) is 5.91 Å². The number of nitrogens with one attached hydrogen (secondary N) is 1. The number of nitrogens with zero attached hydrogens (tertiary/aromatic N) is 2. The molecule has 2 aromatic rings. The Labute approximate surface area is 162 Å². The summed E-state index contributed by atoms with van der Waals surface area (Å²) in [6.45, 7) is 0. The lowest BCUT2D eigenvalue weighted by Crippen LogP contribution is -2.58. The molecule has 4 amide bonds.